The first-order valence-corrected chi connectivity index (χ1v) is 6.00. The maximum absolute atomic E-state index is 10.8. The normalized spacial score (nSPS) is 10.4. The summed E-state index contributed by atoms with van der Waals surface area (Å²) in [4.78, 5) is 10.4. The van der Waals surface area contributed by atoms with Gasteiger partial charge in [-0.2, -0.15) is 0 Å². The van der Waals surface area contributed by atoms with Gasteiger partial charge in [0.15, 0.2) is 0 Å². The third kappa shape index (κ3) is 2.68. The van der Waals surface area contributed by atoms with Crippen molar-refractivity contribution in [2.45, 2.75) is 11.9 Å². The van der Waals surface area contributed by atoms with Gasteiger partial charge in [-0.05, 0) is 0 Å². The van der Waals surface area contributed by atoms with Crippen molar-refractivity contribution < 1.29 is 4.92 Å². The van der Waals surface area contributed by atoms with Gasteiger partial charge in [0.25, 0.3) is 5.69 Å². The average molecular weight is 297 g/mol. The number of para-hydroxylation sites is 1. The van der Waals surface area contributed by atoms with Gasteiger partial charge < -0.3 is 0 Å². The summed E-state index contributed by atoms with van der Waals surface area (Å²) in [5.41, 5.74) is 1.51. The van der Waals surface area contributed by atoms with E-state index in [4.69, 9.17) is 0 Å². The Morgan fingerprint density at radius 1 is 1.41 bits per heavy atom. The summed E-state index contributed by atoms with van der Waals surface area (Å²) in [6, 6.07) is 6.61. The van der Waals surface area contributed by atoms with Crippen molar-refractivity contribution in [2.24, 2.45) is 0 Å². The van der Waals surface area contributed by atoms with Gasteiger partial charge in [-0.3, -0.25) is 10.1 Å². The first-order chi connectivity index (χ1) is 8.20. The molecule has 0 aliphatic rings. The zero-order chi connectivity index (χ0) is 12.3. The number of nitro groups is 1. The van der Waals surface area contributed by atoms with Crippen LogP contribution in [0.3, 0.4) is 0 Å². The van der Waals surface area contributed by atoms with Crippen molar-refractivity contribution in [2.75, 3.05) is 0 Å². The van der Waals surface area contributed by atoms with E-state index in [-0.39, 0.29) is 5.69 Å². The average Bonchev–Trinajstić information content (AvgIpc) is 2.77. The second-order valence-corrected chi connectivity index (χ2v) is 3.99. The minimum absolute atomic E-state index is 0.100. The topological polar surface area (TPSA) is 73.8 Å². The van der Waals surface area contributed by atoms with Gasteiger partial charge in [-0.25, -0.2) is 4.68 Å². The second-order valence-electron chi connectivity index (χ2n) is 3.43. The number of hydrogen-bond acceptors (Lipinski definition) is 4. The Labute approximate surface area is 106 Å². The molecular formula is C10H9BrN4O2. The number of aromatic nitrogens is 3. The standard InChI is InChI=1S/C10H9BrN4O2/c11-5-9-7-14(13-12-9)6-8-3-1-2-4-10(8)15(16)17/h1-4,7H,5-6H2. The number of benzene rings is 1. The summed E-state index contributed by atoms with van der Waals surface area (Å²) in [6.45, 7) is 0.344. The van der Waals surface area contributed by atoms with Crippen LogP contribution >= 0.6 is 15.9 Å². The van der Waals surface area contributed by atoms with E-state index in [1.54, 1.807) is 29.1 Å². The molecule has 0 bridgehead atoms. The van der Waals surface area contributed by atoms with Crippen molar-refractivity contribution in [1.82, 2.24) is 15.0 Å². The molecule has 0 saturated carbocycles. The molecule has 0 N–H and O–H groups in total. The first-order valence-electron chi connectivity index (χ1n) is 4.88. The van der Waals surface area contributed by atoms with Gasteiger partial charge in [0.05, 0.1) is 22.7 Å². The van der Waals surface area contributed by atoms with Gasteiger partial charge >= 0.3 is 0 Å². The summed E-state index contributed by atoms with van der Waals surface area (Å²) in [7, 11) is 0. The molecule has 0 spiro atoms. The van der Waals surface area contributed by atoms with Gasteiger partial charge in [0.1, 0.15) is 0 Å². The molecule has 0 unspecified atom stereocenters. The molecule has 0 aliphatic heterocycles. The first kappa shape index (κ1) is 11.7. The Balaban J connectivity index is 2.26. The molecule has 0 amide bonds. The van der Waals surface area contributed by atoms with Crippen LogP contribution in [0.1, 0.15) is 11.3 Å². The van der Waals surface area contributed by atoms with Gasteiger partial charge in [0.2, 0.25) is 0 Å². The molecule has 88 valence electrons. The smallest absolute Gasteiger partial charge is 0.258 e. The summed E-state index contributed by atoms with van der Waals surface area (Å²) in [6.07, 6.45) is 1.76. The van der Waals surface area contributed by atoms with E-state index in [1.165, 1.54) is 6.07 Å². The summed E-state index contributed by atoms with van der Waals surface area (Å²) in [5, 5.41) is 19.2. The van der Waals surface area contributed by atoms with E-state index >= 15 is 0 Å². The minimum atomic E-state index is -0.391. The lowest BCUT2D eigenvalue weighted by Gasteiger charge is -2.01. The maximum Gasteiger partial charge on any atom is 0.274 e. The number of halogens is 1. The van der Waals surface area contributed by atoms with Crippen LogP contribution in [0.25, 0.3) is 0 Å². The molecule has 0 atom stereocenters. The van der Waals surface area contributed by atoms with Crippen LogP contribution < -0.4 is 0 Å². The molecule has 0 fully saturated rings. The molecule has 0 radical (unpaired) electrons. The highest BCUT2D eigenvalue weighted by molar-refractivity contribution is 9.08. The molecule has 1 heterocycles. The number of hydrogen-bond donors (Lipinski definition) is 0. The van der Waals surface area contributed by atoms with Gasteiger partial charge in [0, 0.05) is 17.6 Å². The van der Waals surface area contributed by atoms with Crippen molar-refractivity contribution in [3.05, 3.63) is 51.8 Å². The van der Waals surface area contributed by atoms with Crippen LogP contribution in [-0.4, -0.2) is 19.9 Å². The lowest BCUT2D eigenvalue weighted by atomic mass is 10.2. The van der Waals surface area contributed by atoms with Crippen molar-refractivity contribution >= 4 is 21.6 Å². The molecular weight excluding hydrogens is 288 g/mol. The molecule has 2 aromatic rings. The molecule has 1 aromatic heterocycles. The second kappa shape index (κ2) is 5.05. The van der Waals surface area contributed by atoms with E-state index in [9.17, 15) is 10.1 Å². The van der Waals surface area contributed by atoms with E-state index in [0.29, 0.717) is 17.4 Å². The fourth-order valence-electron chi connectivity index (χ4n) is 1.47. The molecule has 2 rings (SSSR count). The highest BCUT2D eigenvalue weighted by Crippen LogP contribution is 2.18. The van der Waals surface area contributed by atoms with Crippen molar-refractivity contribution in [1.29, 1.82) is 0 Å². The zero-order valence-electron chi connectivity index (χ0n) is 8.78. The number of alkyl halides is 1. The summed E-state index contributed by atoms with van der Waals surface area (Å²) >= 11 is 3.27. The number of nitro benzene ring substituents is 1. The molecule has 0 saturated heterocycles. The van der Waals surface area contributed by atoms with Crippen molar-refractivity contribution in [3.8, 4) is 0 Å². The molecule has 17 heavy (non-hydrogen) atoms. The maximum atomic E-state index is 10.8. The highest BCUT2D eigenvalue weighted by Gasteiger charge is 2.13. The van der Waals surface area contributed by atoms with E-state index in [1.807, 2.05) is 0 Å². The Morgan fingerprint density at radius 3 is 2.82 bits per heavy atom. The lowest BCUT2D eigenvalue weighted by Crippen LogP contribution is -2.03. The molecule has 0 aliphatic carbocycles. The number of rotatable bonds is 4. The molecule has 7 heteroatoms. The van der Waals surface area contributed by atoms with E-state index < -0.39 is 4.92 Å². The van der Waals surface area contributed by atoms with Crippen LogP contribution in [0.4, 0.5) is 5.69 Å². The Kier molecular flexibility index (Phi) is 3.48. The Bertz CT molecular complexity index is 541. The summed E-state index contributed by atoms with van der Waals surface area (Å²) < 4.78 is 1.58. The largest absolute Gasteiger partial charge is 0.274 e. The van der Waals surface area contributed by atoms with Gasteiger partial charge in [-0.15, -0.1) is 5.10 Å². The Morgan fingerprint density at radius 2 is 2.18 bits per heavy atom. The van der Waals surface area contributed by atoms with Crippen molar-refractivity contribution in [3.63, 3.8) is 0 Å². The number of nitrogens with zero attached hydrogens (tertiary/aromatic N) is 4. The summed E-state index contributed by atoms with van der Waals surface area (Å²) in [5.74, 6) is 0. The fourth-order valence-corrected chi connectivity index (χ4v) is 1.73. The molecule has 6 nitrogen and oxygen atoms in total. The monoisotopic (exact) mass is 296 g/mol. The van der Waals surface area contributed by atoms with Gasteiger partial charge in [-0.1, -0.05) is 39.3 Å². The lowest BCUT2D eigenvalue weighted by molar-refractivity contribution is -0.385. The van der Waals surface area contributed by atoms with E-state index in [0.717, 1.165) is 5.69 Å². The SMILES string of the molecule is O=[N+]([O-])c1ccccc1Cn1cc(CBr)nn1. The molecule has 1 aromatic carbocycles. The van der Waals surface area contributed by atoms with Crippen LogP contribution in [0.5, 0.6) is 0 Å². The highest BCUT2D eigenvalue weighted by atomic mass is 79.9. The predicted molar refractivity (Wildman–Crippen MR) is 64.9 cm³/mol. The van der Waals surface area contributed by atoms with Crippen LogP contribution in [-0.2, 0) is 11.9 Å². The zero-order valence-corrected chi connectivity index (χ0v) is 10.4. The van der Waals surface area contributed by atoms with E-state index in [2.05, 4.69) is 26.2 Å². The van der Waals surface area contributed by atoms with Crippen LogP contribution in [0, 0.1) is 10.1 Å². The third-order valence-electron chi connectivity index (χ3n) is 2.24. The minimum Gasteiger partial charge on any atom is -0.258 e. The predicted octanol–water partition coefficient (Wildman–Crippen LogP) is 2.13. The third-order valence-corrected chi connectivity index (χ3v) is 2.82. The Hall–Kier alpha value is -1.76. The quantitative estimate of drug-likeness (QED) is 0.492. The fraction of sp³-hybridized carbons (Fsp3) is 0.200. The van der Waals surface area contributed by atoms with Crippen LogP contribution in [0.2, 0.25) is 0 Å². The van der Waals surface area contributed by atoms with Crippen LogP contribution in [0.15, 0.2) is 30.5 Å².